The summed E-state index contributed by atoms with van der Waals surface area (Å²) in [5, 5.41) is 11.1. The van der Waals surface area contributed by atoms with Gasteiger partial charge in [-0.3, -0.25) is 10.1 Å². The van der Waals surface area contributed by atoms with E-state index in [0.717, 1.165) is 11.8 Å². The van der Waals surface area contributed by atoms with Gasteiger partial charge in [0.25, 0.3) is 5.69 Å². The summed E-state index contributed by atoms with van der Waals surface area (Å²) < 4.78 is 33.2. The van der Waals surface area contributed by atoms with Gasteiger partial charge in [-0.15, -0.1) is 0 Å². The molecule has 2 aromatic carbocycles. The number of hydrogen-bond acceptors (Lipinski definition) is 4. The van der Waals surface area contributed by atoms with E-state index in [1.807, 2.05) is 0 Å². The molecule has 0 saturated heterocycles. The molecule has 1 N–H and O–H groups in total. The predicted octanol–water partition coefficient (Wildman–Crippen LogP) is 3.61. The van der Waals surface area contributed by atoms with E-state index in [4.69, 9.17) is 4.55 Å². The van der Waals surface area contributed by atoms with Gasteiger partial charge in [0, 0.05) is 11.0 Å². The van der Waals surface area contributed by atoms with Crippen LogP contribution in [0, 0.1) is 15.9 Å². The molecule has 0 aliphatic rings. The maximum atomic E-state index is 13.6. The first-order valence-electron chi connectivity index (χ1n) is 5.74. The van der Waals surface area contributed by atoms with Gasteiger partial charge in [0.05, 0.1) is 15.6 Å². The van der Waals surface area contributed by atoms with E-state index in [0.29, 0.717) is 5.56 Å². The fraction of sp³-hybridized carbons (Fsp3) is 0.0769. The third-order valence-corrected chi connectivity index (χ3v) is 4.26. The van der Waals surface area contributed by atoms with Crippen molar-refractivity contribution >= 4 is 28.5 Å². The third kappa shape index (κ3) is 4.10. The van der Waals surface area contributed by atoms with Gasteiger partial charge in [-0.05, 0) is 23.8 Å². The predicted molar refractivity (Wildman–Crippen MR) is 78.1 cm³/mol. The van der Waals surface area contributed by atoms with Crippen molar-refractivity contribution in [3.05, 3.63) is 64.0 Å². The second-order valence-corrected chi connectivity index (χ2v) is 6.07. The molecule has 5 nitrogen and oxygen atoms in total. The van der Waals surface area contributed by atoms with Crippen molar-refractivity contribution in [1.29, 1.82) is 0 Å². The van der Waals surface area contributed by atoms with E-state index < -0.39 is 21.8 Å². The Bertz CT molecular complexity index is 708. The summed E-state index contributed by atoms with van der Waals surface area (Å²) in [7, 11) is 0. The van der Waals surface area contributed by atoms with E-state index in [-0.39, 0.29) is 21.2 Å². The van der Waals surface area contributed by atoms with Crippen LogP contribution in [-0.4, -0.2) is 13.7 Å². The molecule has 0 aliphatic carbocycles. The SMILES string of the molecule is O=[N+]([O-])c1cc(CS(=O)O)ccc1Sc1ccccc1F. The zero-order chi connectivity index (χ0) is 15.4. The van der Waals surface area contributed by atoms with Gasteiger partial charge in [0.2, 0.25) is 0 Å². The van der Waals surface area contributed by atoms with Gasteiger partial charge in [0.15, 0.2) is 11.1 Å². The molecule has 0 spiro atoms. The summed E-state index contributed by atoms with van der Waals surface area (Å²) in [6.45, 7) is 0. The van der Waals surface area contributed by atoms with Crippen molar-refractivity contribution in [3.63, 3.8) is 0 Å². The van der Waals surface area contributed by atoms with Crippen molar-refractivity contribution < 1.29 is 18.1 Å². The van der Waals surface area contributed by atoms with Gasteiger partial charge >= 0.3 is 0 Å². The standard InChI is InChI=1S/C13H10FNO4S2/c14-10-3-1-2-4-12(10)20-13-6-5-9(8-21(18)19)7-11(13)15(16)17/h1-7H,8H2,(H,18,19). The second kappa shape index (κ2) is 6.79. The highest BCUT2D eigenvalue weighted by atomic mass is 32.2. The van der Waals surface area contributed by atoms with Gasteiger partial charge in [-0.25, -0.2) is 8.60 Å². The summed E-state index contributed by atoms with van der Waals surface area (Å²) in [6, 6.07) is 10.2. The Balaban J connectivity index is 2.37. The highest BCUT2D eigenvalue weighted by Crippen LogP contribution is 2.36. The van der Waals surface area contributed by atoms with E-state index in [1.54, 1.807) is 6.07 Å². The van der Waals surface area contributed by atoms with E-state index in [2.05, 4.69) is 0 Å². The first kappa shape index (κ1) is 15.6. The Kier molecular flexibility index (Phi) is 5.05. The van der Waals surface area contributed by atoms with Gasteiger partial charge in [-0.1, -0.05) is 30.0 Å². The molecule has 0 aliphatic heterocycles. The van der Waals surface area contributed by atoms with Crippen molar-refractivity contribution in [1.82, 2.24) is 0 Å². The third-order valence-electron chi connectivity index (χ3n) is 2.57. The molecule has 0 heterocycles. The number of benzene rings is 2. The summed E-state index contributed by atoms with van der Waals surface area (Å²) >= 11 is -1.13. The Morgan fingerprint density at radius 2 is 1.95 bits per heavy atom. The molecular formula is C13H10FNO4S2. The van der Waals surface area contributed by atoms with Crippen LogP contribution in [0.3, 0.4) is 0 Å². The summed E-state index contributed by atoms with van der Waals surface area (Å²) in [4.78, 5) is 11.1. The number of halogens is 1. The molecule has 2 aromatic rings. The Morgan fingerprint density at radius 1 is 1.24 bits per heavy atom. The highest BCUT2D eigenvalue weighted by Gasteiger charge is 2.17. The number of nitrogens with zero attached hydrogens (tertiary/aromatic N) is 1. The van der Waals surface area contributed by atoms with Gasteiger partial charge in [0.1, 0.15) is 5.82 Å². The first-order valence-corrected chi connectivity index (χ1v) is 7.84. The summed E-state index contributed by atoms with van der Waals surface area (Å²) in [5.74, 6) is -0.650. The molecule has 0 amide bonds. The zero-order valence-electron chi connectivity index (χ0n) is 10.6. The molecule has 1 atom stereocenters. The van der Waals surface area contributed by atoms with Gasteiger partial charge in [-0.2, -0.15) is 0 Å². The monoisotopic (exact) mass is 327 g/mol. The van der Waals surface area contributed by atoms with Crippen LogP contribution in [0.15, 0.2) is 52.3 Å². The lowest BCUT2D eigenvalue weighted by Crippen LogP contribution is -1.97. The molecule has 0 aromatic heterocycles. The molecule has 0 bridgehead atoms. The smallest absolute Gasteiger partial charge is 0.283 e. The lowest BCUT2D eigenvalue weighted by Gasteiger charge is -2.06. The van der Waals surface area contributed by atoms with Crippen LogP contribution in [-0.2, 0) is 16.8 Å². The minimum absolute atomic E-state index is 0.189. The second-order valence-electron chi connectivity index (χ2n) is 4.06. The van der Waals surface area contributed by atoms with Gasteiger partial charge < -0.3 is 4.55 Å². The average molecular weight is 327 g/mol. The minimum Gasteiger partial charge on any atom is -0.306 e. The molecule has 2 rings (SSSR count). The van der Waals surface area contributed by atoms with Crippen LogP contribution >= 0.6 is 11.8 Å². The quantitative estimate of drug-likeness (QED) is 0.515. The lowest BCUT2D eigenvalue weighted by molar-refractivity contribution is -0.387. The van der Waals surface area contributed by atoms with Crippen molar-refractivity contribution in [2.24, 2.45) is 0 Å². The maximum Gasteiger partial charge on any atom is 0.283 e. The van der Waals surface area contributed by atoms with Crippen LogP contribution in [0.4, 0.5) is 10.1 Å². The van der Waals surface area contributed by atoms with Crippen LogP contribution in [0.25, 0.3) is 0 Å². The van der Waals surface area contributed by atoms with Crippen LogP contribution in [0.2, 0.25) is 0 Å². The molecule has 0 fully saturated rings. The molecule has 21 heavy (non-hydrogen) atoms. The van der Waals surface area contributed by atoms with Crippen molar-refractivity contribution in [3.8, 4) is 0 Å². The number of hydrogen-bond donors (Lipinski definition) is 1. The molecule has 0 radical (unpaired) electrons. The fourth-order valence-electron chi connectivity index (χ4n) is 1.67. The fourth-order valence-corrected chi connectivity index (χ4v) is 3.06. The molecular weight excluding hydrogens is 317 g/mol. The minimum atomic E-state index is -2.08. The Morgan fingerprint density at radius 3 is 2.57 bits per heavy atom. The lowest BCUT2D eigenvalue weighted by atomic mass is 10.2. The molecule has 8 heteroatoms. The summed E-state index contributed by atoms with van der Waals surface area (Å²) in [5.41, 5.74) is 0.159. The maximum absolute atomic E-state index is 13.6. The highest BCUT2D eigenvalue weighted by molar-refractivity contribution is 7.99. The number of rotatable bonds is 5. The average Bonchev–Trinajstić information content (AvgIpc) is 2.42. The Hall–Kier alpha value is -1.77. The topological polar surface area (TPSA) is 80.4 Å². The first-order chi connectivity index (χ1) is 9.97. The molecule has 110 valence electrons. The zero-order valence-corrected chi connectivity index (χ0v) is 12.2. The van der Waals surface area contributed by atoms with Crippen molar-refractivity contribution in [2.45, 2.75) is 15.5 Å². The molecule has 0 saturated carbocycles. The van der Waals surface area contributed by atoms with E-state index in [1.165, 1.54) is 36.4 Å². The summed E-state index contributed by atoms with van der Waals surface area (Å²) in [6.07, 6.45) is 0. The Labute approximate surface area is 126 Å². The molecule has 1 unspecified atom stereocenters. The van der Waals surface area contributed by atoms with Crippen molar-refractivity contribution in [2.75, 3.05) is 0 Å². The number of nitro groups is 1. The van der Waals surface area contributed by atoms with E-state index in [9.17, 15) is 18.7 Å². The van der Waals surface area contributed by atoms with Crippen LogP contribution in [0.1, 0.15) is 5.56 Å². The van der Waals surface area contributed by atoms with Crippen LogP contribution < -0.4 is 0 Å². The normalized spacial score (nSPS) is 12.1. The largest absolute Gasteiger partial charge is 0.306 e. The van der Waals surface area contributed by atoms with E-state index >= 15 is 0 Å². The number of nitro benzene ring substituents is 1. The van der Waals surface area contributed by atoms with Crippen LogP contribution in [0.5, 0.6) is 0 Å².